The first-order valence-corrected chi connectivity index (χ1v) is 5.78. The van der Waals surface area contributed by atoms with Gasteiger partial charge in [-0.05, 0) is 0 Å². The number of aliphatic hydroxyl groups excluding tert-OH is 4. The topological polar surface area (TPSA) is 160 Å². The molecule has 0 aromatic carbocycles. The van der Waals surface area contributed by atoms with Crippen molar-refractivity contribution in [3.8, 4) is 0 Å². The molecule has 17 heavy (non-hydrogen) atoms. The molecule has 0 aromatic rings. The first-order chi connectivity index (χ1) is 7.22. The zero-order valence-electron chi connectivity index (χ0n) is 8.91. The number of phosphoric acid groups is 1. The average Bonchev–Trinajstić information content (AvgIpc) is 2.17. The van der Waals surface area contributed by atoms with Crippen LogP contribution in [-0.2, 0) is 13.8 Å². The largest absolute Gasteiger partial charge is 1.00 e. The normalized spacial score (nSPS) is 41.4. The summed E-state index contributed by atoms with van der Waals surface area (Å²) in [6.07, 6.45) is -8.23. The van der Waals surface area contributed by atoms with Crippen molar-refractivity contribution in [3.63, 3.8) is 0 Å². The molecule has 6 atom stereocenters. The zero-order chi connectivity index (χ0) is 12.5. The fraction of sp³-hybridized carbons (Fsp3) is 1.00. The van der Waals surface area contributed by atoms with Gasteiger partial charge in [-0.1, -0.05) is 0 Å². The second-order valence-electron chi connectivity index (χ2n) is 3.30. The van der Waals surface area contributed by atoms with E-state index < -0.39 is 45.1 Å². The van der Waals surface area contributed by atoms with Crippen molar-refractivity contribution < 1.29 is 73.6 Å². The molecule has 0 radical (unpaired) electrons. The molecule has 9 nitrogen and oxygen atoms in total. The fourth-order valence-electron chi connectivity index (χ4n) is 1.24. The molecule has 1 unspecified atom stereocenters. The van der Waals surface area contributed by atoms with Crippen LogP contribution in [0.5, 0.6) is 0 Å². The summed E-state index contributed by atoms with van der Waals surface area (Å²) in [6, 6.07) is 0. The van der Waals surface area contributed by atoms with Crippen LogP contribution in [-0.4, -0.2) is 62.6 Å². The van der Waals surface area contributed by atoms with E-state index in [9.17, 15) is 19.7 Å². The minimum absolute atomic E-state index is 0. The first-order valence-electron chi connectivity index (χ1n) is 4.28. The van der Waals surface area contributed by atoms with Crippen LogP contribution in [0.2, 0.25) is 0 Å². The molecule has 0 aromatic heterocycles. The maximum atomic E-state index is 10.3. The zero-order valence-corrected chi connectivity index (χ0v) is 11.8. The van der Waals surface area contributed by atoms with Gasteiger partial charge in [0.15, 0.2) is 6.29 Å². The Hall–Kier alpha value is 0.910. The molecule has 5 N–H and O–H groups in total. The number of hydrogen-bond acceptors (Lipinski definition) is 8. The summed E-state index contributed by atoms with van der Waals surface area (Å²) in [6.45, 7) is -0.792. The maximum Gasteiger partial charge on any atom is 1.00 e. The fourth-order valence-corrected chi connectivity index (χ4v) is 1.57. The predicted octanol–water partition coefficient (Wildman–Crippen LogP) is -6.73. The van der Waals surface area contributed by atoms with Crippen molar-refractivity contribution in [1.82, 2.24) is 0 Å². The number of phosphoric ester groups is 1. The van der Waals surface area contributed by atoms with Crippen LogP contribution in [0.25, 0.3) is 0 Å². The third kappa shape index (κ3) is 5.19. The number of ether oxygens (including phenoxy) is 1. The molecule has 11 heteroatoms. The van der Waals surface area contributed by atoms with Gasteiger partial charge >= 0.3 is 29.6 Å². The van der Waals surface area contributed by atoms with E-state index in [2.05, 4.69) is 9.26 Å². The van der Waals surface area contributed by atoms with E-state index in [1.54, 1.807) is 0 Å². The van der Waals surface area contributed by atoms with Crippen molar-refractivity contribution in [2.45, 2.75) is 30.7 Å². The summed E-state index contributed by atoms with van der Waals surface area (Å²) in [4.78, 5) is 18.5. The summed E-state index contributed by atoms with van der Waals surface area (Å²) in [7, 11) is -4.98. The van der Waals surface area contributed by atoms with Gasteiger partial charge in [0.25, 0.3) is 7.82 Å². The molecule has 0 aliphatic carbocycles. The predicted molar refractivity (Wildman–Crippen MR) is 44.7 cm³/mol. The molecule has 1 rings (SSSR count). The van der Waals surface area contributed by atoms with Gasteiger partial charge in [0.2, 0.25) is 0 Å². The molecule has 1 aliphatic heterocycles. The first kappa shape index (κ1) is 17.9. The smallest absolute Gasteiger partial charge is 0.756 e. The summed E-state index contributed by atoms with van der Waals surface area (Å²) >= 11 is 0. The van der Waals surface area contributed by atoms with E-state index >= 15 is 0 Å². The minimum Gasteiger partial charge on any atom is -0.756 e. The van der Waals surface area contributed by atoms with E-state index in [0.29, 0.717) is 0 Å². The van der Waals surface area contributed by atoms with Crippen LogP contribution in [0.3, 0.4) is 0 Å². The average molecular weight is 282 g/mol. The van der Waals surface area contributed by atoms with Crippen LogP contribution in [0, 0.1) is 0 Å². The molecule has 0 saturated carbocycles. The molecular formula is C6H12NaO9P. The van der Waals surface area contributed by atoms with E-state index in [4.69, 9.17) is 15.1 Å². The standard InChI is InChI=1S/C6H13O9P.Na/c7-3-2(1-14-16(11,12)13)15-6(10)5(9)4(3)8;/h2-10H,1H2,(H2,11,12,13);/q;+1/p-1/t2-,3+,4+,5+,6+;/m1./s1. The van der Waals surface area contributed by atoms with Crippen molar-refractivity contribution in [2.24, 2.45) is 0 Å². The number of hydrogen-bond donors (Lipinski definition) is 5. The molecular weight excluding hydrogens is 270 g/mol. The third-order valence-corrected chi connectivity index (χ3v) is 2.56. The maximum absolute atomic E-state index is 10.3. The van der Waals surface area contributed by atoms with Gasteiger partial charge in [-0.3, -0.25) is 4.57 Å². The summed E-state index contributed by atoms with van der Waals surface area (Å²) < 4.78 is 18.8. The Bertz CT molecular complexity index is 283. The monoisotopic (exact) mass is 282 g/mol. The van der Waals surface area contributed by atoms with Crippen molar-refractivity contribution in [2.75, 3.05) is 6.61 Å². The molecule has 96 valence electrons. The second kappa shape index (κ2) is 6.90. The van der Waals surface area contributed by atoms with E-state index in [-0.39, 0.29) is 29.6 Å². The van der Waals surface area contributed by atoms with Crippen LogP contribution in [0.1, 0.15) is 0 Å². The van der Waals surface area contributed by atoms with Crippen molar-refractivity contribution in [1.29, 1.82) is 0 Å². The summed E-state index contributed by atoms with van der Waals surface area (Å²) in [5, 5.41) is 36.7. The molecule has 1 aliphatic rings. The van der Waals surface area contributed by atoms with Gasteiger partial charge in [-0.25, -0.2) is 0 Å². The van der Waals surface area contributed by atoms with Gasteiger partial charge in [0, 0.05) is 0 Å². The molecule has 0 spiro atoms. The Morgan fingerprint density at radius 1 is 1.18 bits per heavy atom. The minimum atomic E-state index is -4.98. The molecule has 0 amide bonds. The van der Waals surface area contributed by atoms with Crippen molar-refractivity contribution in [3.05, 3.63) is 0 Å². The Labute approximate surface area is 119 Å². The Morgan fingerprint density at radius 3 is 2.18 bits per heavy atom. The van der Waals surface area contributed by atoms with Gasteiger partial charge in [0.05, 0.1) is 6.61 Å². The second-order valence-corrected chi connectivity index (χ2v) is 4.50. The molecule has 1 fully saturated rings. The number of rotatable bonds is 3. The van der Waals surface area contributed by atoms with Crippen molar-refractivity contribution >= 4 is 7.82 Å². The summed E-state index contributed by atoms with van der Waals surface area (Å²) in [5.41, 5.74) is 0. The Balaban J connectivity index is 0.00000256. The van der Waals surface area contributed by atoms with Gasteiger partial charge in [0.1, 0.15) is 24.4 Å². The Kier molecular flexibility index (Phi) is 7.27. The van der Waals surface area contributed by atoms with Crippen LogP contribution < -0.4 is 34.5 Å². The van der Waals surface area contributed by atoms with E-state index in [1.165, 1.54) is 0 Å². The van der Waals surface area contributed by atoms with Crippen LogP contribution in [0.15, 0.2) is 0 Å². The van der Waals surface area contributed by atoms with E-state index in [1.807, 2.05) is 0 Å². The van der Waals surface area contributed by atoms with Gasteiger partial charge in [-0.2, -0.15) is 0 Å². The molecule has 0 bridgehead atoms. The summed E-state index contributed by atoms with van der Waals surface area (Å²) in [5.74, 6) is 0. The molecule has 1 saturated heterocycles. The molecule has 1 heterocycles. The van der Waals surface area contributed by atoms with E-state index in [0.717, 1.165) is 0 Å². The van der Waals surface area contributed by atoms with Crippen LogP contribution in [0.4, 0.5) is 0 Å². The quantitative estimate of drug-likeness (QED) is 0.250. The van der Waals surface area contributed by atoms with Gasteiger partial charge in [-0.15, -0.1) is 0 Å². The van der Waals surface area contributed by atoms with Gasteiger partial charge < -0.3 is 39.5 Å². The number of aliphatic hydroxyl groups is 4. The third-order valence-electron chi connectivity index (χ3n) is 2.09. The SMILES string of the molecule is O=P([O-])(O)OC[C@H]1O[C@H](O)[C@@H](O)[C@@H](O)[C@H]1O.[Na+]. The Morgan fingerprint density at radius 2 is 1.71 bits per heavy atom. The van der Waals surface area contributed by atoms with Crippen LogP contribution >= 0.6 is 7.82 Å².